The van der Waals surface area contributed by atoms with Gasteiger partial charge in [-0.15, -0.1) is 0 Å². The summed E-state index contributed by atoms with van der Waals surface area (Å²) < 4.78 is 13.0. The van der Waals surface area contributed by atoms with Gasteiger partial charge in [0.1, 0.15) is 17.1 Å². The molecule has 2 aliphatic rings. The van der Waals surface area contributed by atoms with Crippen molar-refractivity contribution in [3.8, 4) is 5.75 Å². The number of likely N-dealkylation sites (tertiary alicyclic amines) is 1. The number of aromatic nitrogens is 2. The number of unbranched alkanes of at least 4 members (excludes halogenated alkanes) is 1. The molecule has 0 spiro atoms. The number of pyridine rings is 1. The van der Waals surface area contributed by atoms with Crippen LogP contribution in [0, 0.1) is 6.92 Å². The van der Waals surface area contributed by atoms with Crippen LogP contribution in [-0.2, 0) is 14.3 Å². The Balaban J connectivity index is 1.55. The molecule has 9 heteroatoms. The minimum Gasteiger partial charge on any atom is -0.505 e. The number of Topliss-reactive ketones (excluding diaryl/α,β-unsaturated/α-hetero) is 1. The van der Waals surface area contributed by atoms with Gasteiger partial charge in [-0.2, -0.15) is 0 Å². The van der Waals surface area contributed by atoms with Crippen LogP contribution in [-0.4, -0.2) is 82.0 Å². The van der Waals surface area contributed by atoms with E-state index in [2.05, 4.69) is 16.8 Å². The smallest absolute Gasteiger partial charge is 0.295 e. The number of ether oxygens (including phenoxy) is 2. The van der Waals surface area contributed by atoms with Crippen LogP contribution in [0.25, 0.3) is 11.4 Å². The maximum absolute atomic E-state index is 13.5. The second-order valence-corrected chi connectivity index (χ2v) is 9.69. The summed E-state index contributed by atoms with van der Waals surface area (Å²) in [6, 6.07) is 12.2. The van der Waals surface area contributed by atoms with Gasteiger partial charge in [-0.05, 0) is 43.2 Å². The zero-order chi connectivity index (χ0) is 26.6. The summed E-state index contributed by atoms with van der Waals surface area (Å²) in [5.74, 6) is -0.797. The molecule has 9 nitrogen and oxygen atoms in total. The van der Waals surface area contributed by atoms with E-state index >= 15 is 0 Å². The molecular weight excluding hydrogens is 484 g/mol. The third kappa shape index (κ3) is 5.04. The van der Waals surface area contributed by atoms with E-state index in [4.69, 9.17) is 9.47 Å². The number of benzene rings is 1. The average molecular weight is 519 g/mol. The third-order valence-corrected chi connectivity index (χ3v) is 7.19. The van der Waals surface area contributed by atoms with Gasteiger partial charge < -0.3 is 19.5 Å². The molecule has 1 aromatic carbocycles. The number of fused-ring (bicyclic) bond motifs is 1. The number of aliphatic hydroxyl groups is 1. The van der Waals surface area contributed by atoms with E-state index in [0.717, 1.165) is 37.2 Å². The van der Waals surface area contributed by atoms with Crippen LogP contribution in [0.1, 0.15) is 42.8 Å². The number of rotatable bonds is 9. The SMILES string of the molecule is CCCCOc1ccc(C2/C(=C(\O)c3c(C)nc4ccccn34)C(=O)C(=O)N2CCN2CCOCC2)cc1. The lowest BCUT2D eigenvalue weighted by atomic mass is 9.96. The first-order valence-corrected chi connectivity index (χ1v) is 13.2. The largest absolute Gasteiger partial charge is 0.505 e. The van der Waals surface area contributed by atoms with Gasteiger partial charge >= 0.3 is 0 Å². The molecule has 0 bridgehead atoms. The van der Waals surface area contributed by atoms with Crippen LogP contribution in [0.15, 0.2) is 54.2 Å². The fourth-order valence-electron chi connectivity index (χ4n) is 5.14. The van der Waals surface area contributed by atoms with Crippen molar-refractivity contribution in [1.29, 1.82) is 0 Å². The molecule has 1 amide bonds. The Kier molecular flexibility index (Phi) is 7.76. The molecule has 2 fully saturated rings. The van der Waals surface area contributed by atoms with Crippen LogP contribution in [0.3, 0.4) is 0 Å². The van der Waals surface area contributed by atoms with Gasteiger partial charge in [0.15, 0.2) is 5.76 Å². The summed E-state index contributed by atoms with van der Waals surface area (Å²) in [6.07, 6.45) is 3.79. The van der Waals surface area contributed by atoms with Crippen molar-refractivity contribution in [2.75, 3.05) is 46.0 Å². The van der Waals surface area contributed by atoms with Crippen LogP contribution in [0.2, 0.25) is 0 Å². The molecule has 38 heavy (non-hydrogen) atoms. The van der Waals surface area contributed by atoms with Crippen LogP contribution in [0.5, 0.6) is 5.75 Å². The van der Waals surface area contributed by atoms with Crippen molar-refractivity contribution >= 4 is 23.1 Å². The monoisotopic (exact) mass is 518 g/mol. The molecule has 1 unspecified atom stereocenters. The van der Waals surface area contributed by atoms with Crippen LogP contribution >= 0.6 is 0 Å². The highest BCUT2D eigenvalue weighted by Gasteiger charge is 2.46. The second kappa shape index (κ2) is 11.4. The molecule has 5 rings (SSSR count). The number of carbonyl (C=O) groups is 2. The number of aliphatic hydroxyl groups excluding tert-OH is 1. The lowest BCUT2D eigenvalue weighted by molar-refractivity contribution is -0.140. The standard InChI is InChI=1S/C29H34N4O5/c1-3-4-17-38-22-10-8-21(9-11-22)26-24(27(34)25-20(2)30-23-7-5-6-12-32(23)25)28(35)29(36)33(26)14-13-31-15-18-37-19-16-31/h5-12,26,34H,3-4,13-19H2,1-2H3/b27-24+. The fourth-order valence-corrected chi connectivity index (χ4v) is 5.14. The predicted molar refractivity (Wildman–Crippen MR) is 143 cm³/mol. The van der Waals surface area contributed by atoms with Crippen molar-refractivity contribution in [1.82, 2.24) is 19.2 Å². The molecule has 2 aromatic heterocycles. The number of carbonyl (C=O) groups excluding carboxylic acids is 2. The number of nitrogens with zero attached hydrogens (tertiary/aromatic N) is 4. The molecule has 3 aromatic rings. The number of aryl methyl sites for hydroxylation is 1. The molecule has 200 valence electrons. The molecule has 2 aliphatic heterocycles. The molecule has 1 atom stereocenters. The molecular formula is C29H34N4O5. The highest BCUT2D eigenvalue weighted by atomic mass is 16.5. The molecule has 0 aliphatic carbocycles. The Morgan fingerprint density at radius 1 is 1.11 bits per heavy atom. The van der Waals surface area contributed by atoms with E-state index in [-0.39, 0.29) is 11.3 Å². The zero-order valence-corrected chi connectivity index (χ0v) is 21.9. The first-order valence-electron chi connectivity index (χ1n) is 13.2. The van der Waals surface area contributed by atoms with Gasteiger partial charge in [0, 0.05) is 32.4 Å². The summed E-state index contributed by atoms with van der Waals surface area (Å²) in [5.41, 5.74) is 2.45. The average Bonchev–Trinajstić information content (AvgIpc) is 3.40. The van der Waals surface area contributed by atoms with Crippen molar-refractivity contribution < 1.29 is 24.2 Å². The normalized spacial score (nSPS) is 19.9. The Morgan fingerprint density at radius 3 is 2.61 bits per heavy atom. The minimum atomic E-state index is -0.727. The first kappa shape index (κ1) is 25.9. The highest BCUT2D eigenvalue weighted by Crippen LogP contribution is 2.40. The summed E-state index contributed by atoms with van der Waals surface area (Å²) in [6.45, 7) is 8.34. The number of morpholine rings is 1. The van der Waals surface area contributed by atoms with Gasteiger partial charge in [0.2, 0.25) is 0 Å². The van der Waals surface area contributed by atoms with E-state index in [1.165, 1.54) is 0 Å². The van der Waals surface area contributed by atoms with E-state index in [0.29, 0.717) is 49.9 Å². The Labute approximate surface area is 222 Å². The quantitative estimate of drug-likeness (QED) is 0.200. The second-order valence-electron chi connectivity index (χ2n) is 9.69. The van der Waals surface area contributed by atoms with Gasteiger partial charge in [0.25, 0.3) is 11.7 Å². The van der Waals surface area contributed by atoms with Crippen molar-refractivity contribution in [3.05, 3.63) is 71.2 Å². The number of hydrogen-bond donors (Lipinski definition) is 1. The van der Waals surface area contributed by atoms with Gasteiger partial charge in [-0.3, -0.25) is 18.9 Å². The lowest BCUT2D eigenvalue weighted by Gasteiger charge is -2.31. The van der Waals surface area contributed by atoms with Crippen LogP contribution < -0.4 is 4.74 Å². The molecule has 4 heterocycles. The summed E-state index contributed by atoms with van der Waals surface area (Å²) in [4.78, 5) is 35.2. The number of amides is 1. The predicted octanol–water partition coefficient (Wildman–Crippen LogP) is 3.58. The van der Waals surface area contributed by atoms with Crippen LogP contribution in [0.4, 0.5) is 0 Å². The number of ketones is 1. The number of hydrogen-bond acceptors (Lipinski definition) is 7. The Bertz CT molecular complexity index is 1340. The Hall–Kier alpha value is -3.69. The van der Waals surface area contributed by atoms with E-state index in [1.54, 1.807) is 22.4 Å². The maximum atomic E-state index is 13.5. The van der Waals surface area contributed by atoms with Crippen molar-refractivity contribution in [2.24, 2.45) is 0 Å². The van der Waals surface area contributed by atoms with Crippen molar-refractivity contribution in [3.63, 3.8) is 0 Å². The summed E-state index contributed by atoms with van der Waals surface area (Å²) >= 11 is 0. The summed E-state index contributed by atoms with van der Waals surface area (Å²) in [5, 5.41) is 11.6. The van der Waals surface area contributed by atoms with Gasteiger partial charge in [-0.1, -0.05) is 31.5 Å². The maximum Gasteiger partial charge on any atom is 0.295 e. The number of imidazole rings is 1. The van der Waals surface area contributed by atoms with E-state index in [9.17, 15) is 14.7 Å². The molecule has 0 saturated carbocycles. The molecule has 2 saturated heterocycles. The van der Waals surface area contributed by atoms with Crippen molar-refractivity contribution in [2.45, 2.75) is 32.7 Å². The van der Waals surface area contributed by atoms with Gasteiger partial charge in [-0.25, -0.2) is 4.98 Å². The third-order valence-electron chi connectivity index (χ3n) is 7.19. The zero-order valence-electron chi connectivity index (χ0n) is 21.9. The van der Waals surface area contributed by atoms with Gasteiger partial charge in [0.05, 0.1) is 37.1 Å². The molecule has 1 N–H and O–H groups in total. The highest BCUT2D eigenvalue weighted by molar-refractivity contribution is 6.46. The minimum absolute atomic E-state index is 0.0744. The Morgan fingerprint density at radius 2 is 1.87 bits per heavy atom. The molecule has 0 radical (unpaired) electrons. The fraction of sp³-hybridized carbons (Fsp3) is 0.414. The lowest BCUT2D eigenvalue weighted by Crippen LogP contribution is -2.42. The van der Waals surface area contributed by atoms with E-state index < -0.39 is 17.7 Å². The first-order chi connectivity index (χ1) is 18.5. The van der Waals surface area contributed by atoms with E-state index in [1.807, 2.05) is 42.5 Å². The topological polar surface area (TPSA) is 96.6 Å². The summed E-state index contributed by atoms with van der Waals surface area (Å²) in [7, 11) is 0.